The van der Waals surface area contributed by atoms with Crippen LogP contribution in [0.5, 0.6) is 5.75 Å². The minimum absolute atomic E-state index is 0.134. The standard InChI is InChI=1S/C18H27NO2/c1-6-8-10-13(3)19-15-11-12-17(21-5)18(14(15)4)16(20)9-7-2/h11-12H,6-10H2,1-5H3. The first-order valence-electron chi connectivity index (χ1n) is 7.80. The lowest BCUT2D eigenvalue weighted by atomic mass is 9.99. The molecule has 1 rings (SSSR count). The van der Waals surface area contributed by atoms with Crippen molar-refractivity contribution in [1.82, 2.24) is 0 Å². The van der Waals surface area contributed by atoms with Gasteiger partial charge in [-0.15, -0.1) is 0 Å². The van der Waals surface area contributed by atoms with Gasteiger partial charge in [-0.25, -0.2) is 0 Å². The second-order valence-corrected chi connectivity index (χ2v) is 5.41. The molecule has 0 heterocycles. The van der Waals surface area contributed by atoms with E-state index in [4.69, 9.17) is 4.74 Å². The number of rotatable bonds is 8. The van der Waals surface area contributed by atoms with E-state index in [9.17, 15) is 4.79 Å². The largest absolute Gasteiger partial charge is 0.496 e. The van der Waals surface area contributed by atoms with Gasteiger partial charge in [0.1, 0.15) is 5.75 Å². The maximum atomic E-state index is 12.3. The Hall–Kier alpha value is -1.64. The minimum Gasteiger partial charge on any atom is -0.496 e. The number of aliphatic imine (C=N–C) groups is 1. The van der Waals surface area contributed by atoms with Gasteiger partial charge < -0.3 is 4.74 Å². The average molecular weight is 289 g/mol. The molecule has 0 unspecified atom stereocenters. The molecule has 3 nitrogen and oxygen atoms in total. The SMILES string of the molecule is CCCCC(C)=Nc1ccc(OC)c(C(=O)CCC)c1C. The lowest BCUT2D eigenvalue weighted by Gasteiger charge is -2.13. The molecule has 1 aromatic carbocycles. The van der Waals surface area contributed by atoms with Crippen molar-refractivity contribution in [3.8, 4) is 5.75 Å². The number of nitrogens with zero attached hydrogens (tertiary/aromatic N) is 1. The van der Waals surface area contributed by atoms with Crippen LogP contribution >= 0.6 is 0 Å². The molecule has 0 aromatic heterocycles. The first kappa shape index (κ1) is 17.4. The molecule has 0 fully saturated rings. The highest BCUT2D eigenvalue weighted by atomic mass is 16.5. The fraction of sp³-hybridized carbons (Fsp3) is 0.556. The molecular formula is C18H27NO2. The van der Waals surface area contributed by atoms with Crippen LogP contribution in [-0.2, 0) is 0 Å². The smallest absolute Gasteiger partial charge is 0.166 e. The van der Waals surface area contributed by atoms with Gasteiger partial charge in [0.05, 0.1) is 18.4 Å². The molecule has 1 aromatic rings. The van der Waals surface area contributed by atoms with Crippen LogP contribution in [0.2, 0.25) is 0 Å². The van der Waals surface area contributed by atoms with Crippen LogP contribution in [0.4, 0.5) is 5.69 Å². The number of ketones is 1. The van der Waals surface area contributed by atoms with E-state index in [0.29, 0.717) is 17.7 Å². The topological polar surface area (TPSA) is 38.7 Å². The first-order chi connectivity index (χ1) is 10.0. The molecule has 0 aliphatic carbocycles. The average Bonchev–Trinajstić information content (AvgIpc) is 2.47. The molecule has 0 aliphatic rings. The van der Waals surface area contributed by atoms with Gasteiger partial charge in [-0.1, -0.05) is 20.3 Å². The van der Waals surface area contributed by atoms with Crippen molar-refractivity contribution in [3.63, 3.8) is 0 Å². The molecule has 0 bridgehead atoms. The van der Waals surface area contributed by atoms with Crippen LogP contribution in [0.15, 0.2) is 17.1 Å². The molecule has 0 aliphatic heterocycles. The molecule has 0 N–H and O–H groups in total. The summed E-state index contributed by atoms with van der Waals surface area (Å²) < 4.78 is 5.35. The van der Waals surface area contributed by atoms with E-state index in [2.05, 4.69) is 11.9 Å². The van der Waals surface area contributed by atoms with Gasteiger partial charge in [-0.2, -0.15) is 0 Å². The van der Waals surface area contributed by atoms with Crippen LogP contribution in [-0.4, -0.2) is 18.6 Å². The highest BCUT2D eigenvalue weighted by Gasteiger charge is 2.17. The van der Waals surface area contributed by atoms with Crippen LogP contribution in [0.1, 0.15) is 68.8 Å². The number of methoxy groups -OCH3 is 1. The van der Waals surface area contributed by atoms with Gasteiger partial charge in [0.2, 0.25) is 0 Å². The Balaban J connectivity index is 3.19. The lowest BCUT2D eigenvalue weighted by molar-refractivity contribution is 0.0978. The van der Waals surface area contributed by atoms with E-state index < -0.39 is 0 Å². The van der Waals surface area contributed by atoms with E-state index in [0.717, 1.165) is 42.6 Å². The zero-order chi connectivity index (χ0) is 15.8. The Morgan fingerprint density at radius 1 is 1.19 bits per heavy atom. The maximum absolute atomic E-state index is 12.3. The summed E-state index contributed by atoms with van der Waals surface area (Å²) in [7, 11) is 1.60. The molecule has 116 valence electrons. The van der Waals surface area contributed by atoms with Crippen molar-refractivity contribution >= 4 is 17.2 Å². The molecule has 0 saturated carbocycles. The van der Waals surface area contributed by atoms with Crippen molar-refractivity contribution in [1.29, 1.82) is 0 Å². The second kappa shape index (κ2) is 8.60. The summed E-state index contributed by atoms with van der Waals surface area (Å²) in [6.45, 7) is 8.19. The highest BCUT2D eigenvalue weighted by molar-refractivity contribution is 6.01. The number of hydrogen-bond acceptors (Lipinski definition) is 3. The molecule has 0 atom stereocenters. The number of ether oxygens (including phenoxy) is 1. The minimum atomic E-state index is 0.134. The summed E-state index contributed by atoms with van der Waals surface area (Å²) in [5.41, 5.74) is 3.59. The Kier molecular flexibility index (Phi) is 7.13. The van der Waals surface area contributed by atoms with Gasteiger partial charge in [-0.05, 0) is 50.8 Å². The lowest BCUT2D eigenvalue weighted by Crippen LogP contribution is -2.05. The van der Waals surface area contributed by atoms with Crippen LogP contribution in [0, 0.1) is 6.92 Å². The summed E-state index contributed by atoms with van der Waals surface area (Å²) in [6.07, 6.45) is 4.69. The molecule has 21 heavy (non-hydrogen) atoms. The number of carbonyl (C=O) groups is 1. The normalized spacial score (nSPS) is 11.6. The van der Waals surface area contributed by atoms with E-state index in [1.54, 1.807) is 7.11 Å². The van der Waals surface area contributed by atoms with Crippen LogP contribution < -0.4 is 4.74 Å². The number of Topliss-reactive ketones (excluding diaryl/α,β-unsaturated/α-hetero) is 1. The van der Waals surface area contributed by atoms with E-state index in [1.165, 1.54) is 0 Å². The Morgan fingerprint density at radius 3 is 2.48 bits per heavy atom. The van der Waals surface area contributed by atoms with Crippen LogP contribution in [0.25, 0.3) is 0 Å². The maximum Gasteiger partial charge on any atom is 0.166 e. The third-order valence-electron chi connectivity index (χ3n) is 3.58. The Labute approximate surface area is 128 Å². The van der Waals surface area contributed by atoms with Gasteiger partial charge in [0.25, 0.3) is 0 Å². The molecule has 0 spiro atoms. The number of unbranched alkanes of at least 4 members (excludes halogenated alkanes) is 1. The predicted octanol–water partition coefficient (Wildman–Crippen LogP) is 5.27. The van der Waals surface area contributed by atoms with Crippen molar-refractivity contribution in [2.24, 2.45) is 4.99 Å². The van der Waals surface area contributed by atoms with Gasteiger partial charge in [0, 0.05) is 12.1 Å². The third kappa shape index (κ3) is 4.69. The van der Waals surface area contributed by atoms with Gasteiger partial charge in [0.15, 0.2) is 5.78 Å². The monoisotopic (exact) mass is 289 g/mol. The highest BCUT2D eigenvalue weighted by Crippen LogP contribution is 2.31. The molecular weight excluding hydrogens is 262 g/mol. The molecule has 0 amide bonds. The molecule has 0 radical (unpaired) electrons. The van der Waals surface area contributed by atoms with Crippen molar-refractivity contribution in [2.75, 3.05) is 7.11 Å². The van der Waals surface area contributed by atoms with E-state index in [-0.39, 0.29) is 5.78 Å². The predicted molar refractivity (Wildman–Crippen MR) is 89.3 cm³/mol. The summed E-state index contributed by atoms with van der Waals surface area (Å²) >= 11 is 0. The summed E-state index contributed by atoms with van der Waals surface area (Å²) in [5, 5.41) is 0. The zero-order valence-electron chi connectivity index (χ0n) is 14.0. The quantitative estimate of drug-likeness (QED) is 0.483. The second-order valence-electron chi connectivity index (χ2n) is 5.41. The van der Waals surface area contributed by atoms with Crippen molar-refractivity contribution in [2.45, 2.75) is 59.8 Å². The van der Waals surface area contributed by atoms with Crippen molar-refractivity contribution in [3.05, 3.63) is 23.3 Å². The van der Waals surface area contributed by atoms with Crippen LogP contribution in [0.3, 0.4) is 0 Å². The number of hydrogen-bond donors (Lipinski definition) is 0. The summed E-state index contributed by atoms with van der Waals surface area (Å²) in [6, 6.07) is 3.79. The zero-order valence-corrected chi connectivity index (χ0v) is 14.0. The van der Waals surface area contributed by atoms with Gasteiger partial charge in [-0.3, -0.25) is 9.79 Å². The number of benzene rings is 1. The number of carbonyl (C=O) groups excluding carboxylic acids is 1. The summed E-state index contributed by atoms with van der Waals surface area (Å²) in [5.74, 6) is 0.784. The fourth-order valence-electron chi connectivity index (χ4n) is 2.36. The van der Waals surface area contributed by atoms with Crippen molar-refractivity contribution < 1.29 is 9.53 Å². The summed E-state index contributed by atoms with van der Waals surface area (Å²) in [4.78, 5) is 17.0. The molecule has 3 heteroatoms. The van der Waals surface area contributed by atoms with Gasteiger partial charge >= 0.3 is 0 Å². The Bertz CT molecular complexity index is 518. The first-order valence-corrected chi connectivity index (χ1v) is 7.80. The van der Waals surface area contributed by atoms with E-state index in [1.807, 2.05) is 32.9 Å². The fourth-order valence-corrected chi connectivity index (χ4v) is 2.36. The molecule has 0 saturated heterocycles. The third-order valence-corrected chi connectivity index (χ3v) is 3.58. The Morgan fingerprint density at radius 2 is 1.90 bits per heavy atom. The van der Waals surface area contributed by atoms with E-state index >= 15 is 0 Å².